The van der Waals surface area contributed by atoms with Gasteiger partial charge in [-0.1, -0.05) is 6.07 Å². The molecule has 0 aliphatic carbocycles. The third kappa shape index (κ3) is 2.42. The molecule has 0 saturated carbocycles. The van der Waals surface area contributed by atoms with Crippen LogP contribution in [0.25, 0.3) is 0 Å². The molecular weight excluding hydrogens is 220 g/mol. The van der Waals surface area contributed by atoms with Crippen molar-refractivity contribution in [3.63, 3.8) is 0 Å². The quantitative estimate of drug-likeness (QED) is 0.744. The molecule has 88 valence electrons. The zero-order valence-corrected chi connectivity index (χ0v) is 9.21. The Balaban J connectivity index is 2.36. The van der Waals surface area contributed by atoms with E-state index in [0.29, 0.717) is 11.3 Å². The van der Waals surface area contributed by atoms with Gasteiger partial charge in [-0.25, -0.2) is 0 Å². The minimum atomic E-state index is -0.147. The van der Waals surface area contributed by atoms with Crippen LogP contribution in [0.5, 0.6) is 28.7 Å². The zero-order chi connectivity index (χ0) is 12.4. The maximum absolute atomic E-state index is 9.66. The van der Waals surface area contributed by atoms with Gasteiger partial charge >= 0.3 is 0 Å². The van der Waals surface area contributed by atoms with Gasteiger partial charge in [-0.3, -0.25) is 0 Å². The van der Waals surface area contributed by atoms with Crippen LogP contribution in [-0.2, 0) is 0 Å². The van der Waals surface area contributed by atoms with E-state index in [1.165, 1.54) is 24.3 Å². The van der Waals surface area contributed by atoms with Gasteiger partial charge in [0.05, 0.1) is 0 Å². The van der Waals surface area contributed by atoms with E-state index < -0.39 is 0 Å². The summed E-state index contributed by atoms with van der Waals surface area (Å²) >= 11 is 0. The van der Waals surface area contributed by atoms with Gasteiger partial charge in [-0.15, -0.1) is 0 Å². The standard InChI is InChI=1S/C13H12O4/c1-8-5-10(15)7-12(16)13(8)17-11-4-2-3-9(14)6-11/h2-7,14-16H,1H3. The van der Waals surface area contributed by atoms with E-state index in [0.717, 1.165) is 0 Å². The highest BCUT2D eigenvalue weighted by atomic mass is 16.5. The Hall–Kier alpha value is -2.36. The SMILES string of the molecule is Cc1cc(O)cc(O)c1Oc1cccc(O)c1. The van der Waals surface area contributed by atoms with Gasteiger partial charge in [0.1, 0.15) is 17.2 Å². The number of hydrogen-bond donors (Lipinski definition) is 3. The van der Waals surface area contributed by atoms with Gasteiger partial charge in [-0.05, 0) is 30.7 Å². The van der Waals surface area contributed by atoms with Crippen molar-refractivity contribution in [2.75, 3.05) is 0 Å². The Morgan fingerprint density at radius 1 is 0.941 bits per heavy atom. The van der Waals surface area contributed by atoms with Gasteiger partial charge in [-0.2, -0.15) is 0 Å². The van der Waals surface area contributed by atoms with E-state index in [9.17, 15) is 15.3 Å². The maximum Gasteiger partial charge on any atom is 0.172 e. The third-order valence-electron chi connectivity index (χ3n) is 2.28. The molecule has 0 aliphatic heterocycles. The minimum absolute atomic E-state index is 0.0248. The van der Waals surface area contributed by atoms with E-state index in [1.807, 2.05) is 0 Å². The lowest BCUT2D eigenvalue weighted by molar-refractivity contribution is 0.398. The lowest BCUT2D eigenvalue weighted by Gasteiger charge is -2.11. The average Bonchev–Trinajstić information content (AvgIpc) is 2.23. The largest absolute Gasteiger partial charge is 0.508 e. The molecule has 0 aromatic heterocycles. The van der Waals surface area contributed by atoms with E-state index in [2.05, 4.69) is 0 Å². The van der Waals surface area contributed by atoms with Gasteiger partial charge < -0.3 is 20.1 Å². The summed E-state index contributed by atoms with van der Waals surface area (Å²) in [6, 6.07) is 8.94. The summed E-state index contributed by atoms with van der Waals surface area (Å²) in [5.74, 6) is 0.579. The molecule has 0 bridgehead atoms. The fraction of sp³-hybridized carbons (Fsp3) is 0.0769. The van der Waals surface area contributed by atoms with Gasteiger partial charge in [0.25, 0.3) is 0 Å². The first-order valence-electron chi connectivity index (χ1n) is 5.06. The third-order valence-corrected chi connectivity index (χ3v) is 2.28. The minimum Gasteiger partial charge on any atom is -0.508 e. The first-order valence-corrected chi connectivity index (χ1v) is 5.06. The highest BCUT2D eigenvalue weighted by Crippen LogP contribution is 2.37. The molecule has 3 N–H and O–H groups in total. The first-order chi connectivity index (χ1) is 8.06. The molecule has 0 unspecified atom stereocenters. The van der Waals surface area contributed by atoms with Crippen LogP contribution in [0.1, 0.15) is 5.56 Å². The molecule has 0 atom stereocenters. The van der Waals surface area contributed by atoms with Crippen molar-refractivity contribution in [3.05, 3.63) is 42.0 Å². The van der Waals surface area contributed by atoms with E-state index in [1.54, 1.807) is 19.1 Å². The second kappa shape index (κ2) is 4.25. The molecular formula is C13H12O4. The highest BCUT2D eigenvalue weighted by molar-refractivity contribution is 5.52. The molecule has 0 amide bonds. The summed E-state index contributed by atoms with van der Waals surface area (Å²) in [6.07, 6.45) is 0. The molecule has 2 aromatic carbocycles. The van der Waals surface area contributed by atoms with Crippen LogP contribution < -0.4 is 4.74 Å². The van der Waals surface area contributed by atoms with Crippen molar-refractivity contribution in [1.29, 1.82) is 0 Å². The number of benzene rings is 2. The number of aryl methyl sites for hydroxylation is 1. The van der Waals surface area contributed by atoms with E-state index >= 15 is 0 Å². The highest BCUT2D eigenvalue weighted by Gasteiger charge is 2.09. The summed E-state index contributed by atoms with van der Waals surface area (Å²) in [4.78, 5) is 0. The molecule has 0 aliphatic rings. The van der Waals surface area contributed by atoms with Crippen LogP contribution in [0.2, 0.25) is 0 Å². The predicted octanol–water partition coefficient (Wildman–Crippen LogP) is 2.90. The molecule has 4 heteroatoms. The Labute approximate surface area is 98.3 Å². The molecule has 4 nitrogen and oxygen atoms in total. The molecule has 2 aromatic rings. The topological polar surface area (TPSA) is 69.9 Å². The number of phenols is 3. The van der Waals surface area contributed by atoms with Crippen LogP contribution in [0, 0.1) is 6.92 Å². The lowest BCUT2D eigenvalue weighted by atomic mass is 10.2. The normalized spacial score (nSPS) is 10.2. The monoisotopic (exact) mass is 232 g/mol. The Bertz CT molecular complexity index is 526. The molecule has 17 heavy (non-hydrogen) atoms. The number of hydrogen-bond acceptors (Lipinski definition) is 4. The fourth-order valence-corrected chi connectivity index (χ4v) is 1.53. The number of ether oxygens (including phenoxy) is 1. The lowest BCUT2D eigenvalue weighted by Crippen LogP contribution is -1.88. The van der Waals surface area contributed by atoms with Crippen molar-refractivity contribution in [2.45, 2.75) is 6.92 Å². The first kappa shape index (κ1) is 11.1. The van der Waals surface area contributed by atoms with Crippen molar-refractivity contribution >= 4 is 0 Å². The Morgan fingerprint density at radius 2 is 1.71 bits per heavy atom. The molecule has 2 rings (SSSR count). The second-order valence-electron chi connectivity index (χ2n) is 3.71. The van der Waals surface area contributed by atoms with Crippen LogP contribution in [-0.4, -0.2) is 15.3 Å². The van der Waals surface area contributed by atoms with Crippen molar-refractivity contribution in [1.82, 2.24) is 0 Å². The maximum atomic E-state index is 9.66. The second-order valence-corrected chi connectivity index (χ2v) is 3.71. The van der Waals surface area contributed by atoms with Crippen LogP contribution >= 0.6 is 0 Å². The fourth-order valence-electron chi connectivity index (χ4n) is 1.53. The Kier molecular flexibility index (Phi) is 2.78. The van der Waals surface area contributed by atoms with Crippen molar-refractivity contribution < 1.29 is 20.1 Å². The number of rotatable bonds is 2. The van der Waals surface area contributed by atoms with Crippen LogP contribution in [0.3, 0.4) is 0 Å². The van der Waals surface area contributed by atoms with Crippen LogP contribution in [0.15, 0.2) is 36.4 Å². The smallest absolute Gasteiger partial charge is 0.172 e. The van der Waals surface area contributed by atoms with E-state index in [4.69, 9.17) is 4.74 Å². The van der Waals surface area contributed by atoms with Crippen molar-refractivity contribution in [3.8, 4) is 28.7 Å². The summed E-state index contributed by atoms with van der Waals surface area (Å²) in [5.41, 5.74) is 0.603. The summed E-state index contributed by atoms with van der Waals surface area (Å²) in [5, 5.41) is 28.2. The summed E-state index contributed by atoms with van der Waals surface area (Å²) < 4.78 is 5.45. The average molecular weight is 232 g/mol. The van der Waals surface area contributed by atoms with E-state index in [-0.39, 0.29) is 23.0 Å². The van der Waals surface area contributed by atoms with Crippen molar-refractivity contribution in [2.24, 2.45) is 0 Å². The molecule has 0 saturated heterocycles. The summed E-state index contributed by atoms with van der Waals surface area (Å²) in [7, 11) is 0. The molecule has 0 heterocycles. The summed E-state index contributed by atoms with van der Waals surface area (Å²) in [6.45, 7) is 1.71. The van der Waals surface area contributed by atoms with Gasteiger partial charge in [0, 0.05) is 12.1 Å². The predicted molar refractivity (Wildman–Crippen MR) is 62.7 cm³/mol. The zero-order valence-electron chi connectivity index (χ0n) is 9.21. The molecule has 0 radical (unpaired) electrons. The van der Waals surface area contributed by atoms with Crippen LogP contribution in [0.4, 0.5) is 0 Å². The van der Waals surface area contributed by atoms with Gasteiger partial charge in [0.15, 0.2) is 11.5 Å². The van der Waals surface area contributed by atoms with Gasteiger partial charge in [0.2, 0.25) is 0 Å². The molecule has 0 spiro atoms. The number of aromatic hydroxyl groups is 3. The number of phenolic OH excluding ortho intramolecular Hbond substituents is 3. The molecule has 0 fully saturated rings. The Morgan fingerprint density at radius 3 is 2.35 bits per heavy atom.